The summed E-state index contributed by atoms with van der Waals surface area (Å²) in [6.07, 6.45) is 1.76. The van der Waals surface area contributed by atoms with Gasteiger partial charge in [0.15, 0.2) is 0 Å². The van der Waals surface area contributed by atoms with Crippen LogP contribution in [0.25, 0.3) is 17.3 Å². The summed E-state index contributed by atoms with van der Waals surface area (Å²) in [6, 6.07) is 16.0. The Kier molecular flexibility index (Phi) is 5.34. The maximum Gasteiger partial charge on any atom is 0.270 e. The number of hydrogen-bond donors (Lipinski definition) is 0. The lowest BCUT2D eigenvalue weighted by Crippen LogP contribution is -2.01. The SMILES string of the molecule is Cc1ccc(Cl)cc1-n1c(C)cc(C=C(C#N)c2cccc([N+](=O)[O-])c2)c1C. The zero-order valence-electron chi connectivity index (χ0n) is 15.7. The van der Waals surface area contributed by atoms with Crippen LogP contribution in [0.3, 0.4) is 0 Å². The first-order valence-corrected chi connectivity index (χ1v) is 9.01. The summed E-state index contributed by atoms with van der Waals surface area (Å²) in [5, 5.41) is 21.3. The Labute approximate surface area is 168 Å². The Morgan fingerprint density at radius 2 is 1.93 bits per heavy atom. The van der Waals surface area contributed by atoms with Crippen molar-refractivity contribution in [2.24, 2.45) is 0 Å². The minimum atomic E-state index is -0.466. The van der Waals surface area contributed by atoms with Gasteiger partial charge in [-0.2, -0.15) is 5.26 Å². The van der Waals surface area contributed by atoms with Crippen molar-refractivity contribution in [1.29, 1.82) is 5.26 Å². The van der Waals surface area contributed by atoms with Crippen LogP contribution in [0.4, 0.5) is 5.69 Å². The Morgan fingerprint density at radius 3 is 2.61 bits per heavy atom. The molecule has 0 saturated heterocycles. The molecule has 0 aliphatic heterocycles. The maximum atomic E-state index is 11.0. The molecule has 2 aromatic carbocycles. The van der Waals surface area contributed by atoms with E-state index in [2.05, 4.69) is 10.6 Å². The average Bonchev–Trinajstić information content (AvgIpc) is 2.95. The number of benzene rings is 2. The standard InChI is InChI=1S/C22H18ClN3O2/c1-14-7-8-20(23)12-22(14)25-15(2)9-18(16(25)3)10-19(13-24)17-5-4-6-21(11-17)26(27)28/h4-12H,1-3H3. The van der Waals surface area contributed by atoms with Crippen molar-refractivity contribution >= 4 is 28.9 Å². The normalized spacial score (nSPS) is 11.3. The number of non-ortho nitro benzene ring substituents is 1. The zero-order valence-corrected chi connectivity index (χ0v) is 16.5. The van der Waals surface area contributed by atoms with Gasteiger partial charge in [0.25, 0.3) is 5.69 Å². The number of allylic oxidation sites excluding steroid dienone is 1. The highest BCUT2D eigenvalue weighted by Crippen LogP contribution is 2.29. The second-order valence-corrected chi connectivity index (χ2v) is 7.01. The molecule has 3 aromatic rings. The fourth-order valence-electron chi connectivity index (χ4n) is 3.25. The number of nitro benzene ring substituents is 1. The van der Waals surface area contributed by atoms with E-state index in [1.807, 2.05) is 45.0 Å². The lowest BCUT2D eigenvalue weighted by molar-refractivity contribution is -0.384. The highest BCUT2D eigenvalue weighted by atomic mass is 35.5. The minimum Gasteiger partial charge on any atom is -0.318 e. The molecule has 28 heavy (non-hydrogen) atoms. The molecule has 0 bridgehead atoms. The van der Waals surface area contributed by atoms with Gasteiger partial charge in [0.05, 0.1) is 16.6 Å². The van der Waals surface area contributed by atoms with Crippen molar-refractivity contribution in [3.05, 3.63) is 91.7 Å². The Bertz CT molecular complexity index is 1150. The van der Waals surface area contributed by atoms with Gasteiger partial charge in [0.1, 0.15) is 0 Å². The first-order valence-electron chi connectivity index (χ1n) is 8.64. The van der Waals surface area contributed by atoms with Gasteiger partial charge in [0.2, 0.25) is 0 Å². The molecule has 0 spiro atoms. The third-order valence-corrected chi connectivity index (χ3v) is 4.91. The number of aromatic nitrogens is 1. The van der Waals surface area contributed by atoms with Crippen molar-refractivity contribution in [3.63, 3.8) is 0 Å². The second kappa shape index (κ2) is 7.71. The number of aryl methyl sites for hydroxylation is 2. The van der Waals surface area contributed by atoms with Crippen molar-refractivity contribution in [2.75, 3.05) is 0 Å². The molecule has 5 nitrogen and oxygen atoms in total. The van der Waals surface area contributed by atoms with Gasteiger partial charge in [-0.05, 0) is 61.7 Å². The van der Waals surface area contributed by atoms with E-state index in [0.29, 0.717) is 16.2 Å². The van der Waals surface area contributed by atoms with Gasteiger partial charge in [-0.15, -0.1) is 0 Å². The molecule has 1 heterocycles. The van der Waals surface area contributed by atoms with E-state index in [-0.39, 0.29) is 5.69 Å². The largest absolute Gasteiger partial charge is 0.318 e. The molecule has 0 unspecified atom stereocenters. The first kappa shape index (κ1) is 19.4. The van der Waals surface area contributed by atoms with Crippen molar-refractivity contribution in [3.8, 4) is 11.8 Å². The molecule has 0 atom stereocenters. The third kappa shape index (κ3) is 3.68. The summed E-state index contributed by atoms with van der Waals surface area (Å²) in [7, 11) is 0. The van der Waals surface area contributed by atoms with E-state index in [9.17, 15) is 15.4 Å². The average molecular weight is 392 g/mol. The van der Waals surface area contributed by atoms with E-state index in [1.165, 1.54) is 12.1 Å². The van der Waals surface area contributed by atoms with E-state index >= 15 is 0 Å². The molecule has 0 fully saturated rings. The lowest BCUT2D eigenvalue weighted by atomic mass is 10.0. The Morgan fingerprint density at radius 1 is 1.18 bits per heavy atom. The molecule has 6 heteroatoms. The number of hydrogen-bond acceptors (Lipinski definition) is 3. The quantitative estimate of drug-likeness (QED) is 0.309. The predicted molar refractivity (Wildman–Crippen MR) is 112 cm³/mol. The fraction of sp³-hybridized carbons (Fsp3) is 0.136. The van der Waals surface area contributed by atoms with Gasteiger partial charge >= 0.3 is 0 Å². The van der Waals surface area contributed by atoms with Crippen LogP contribution in [0.5, 0.6) is 0 Å². The summed E-state index contributed by atoms with van der Waals surface area (Å²) < 4.78 is 2.09. The molecule has 140 valence electrons. The molecule has 0 N–H and O–H groups in total. The number of rotatable bonds is 4. The van der Waals surface area contributed by atoms with E-state index in [1.54, 1.807) is 18.2 Å². The zero-order chi connectivity index (χ0) is 20.4. The molecule has 0 saturated carbocycles. The summed E-state index contributed by atoms with van der Waals surface area (Å²) in [5.74, 6) is 0. The monoisotopic (exact) mass is 391 g/mol. The van der Waals surface area contributed by atoms with Crippen molar-refractivity contribution in [1.82, 2.24) is 4.57 Å². The highest BCUT2D eigenvalue weighted by Gasteiger charge is 2.14. The Balaban J connectivity index is 2.12. The van der Waals surface area contributed by atoms with Crippen LogP contribution < -0.4 is 0 Å². The summed E-state index contributed by atoms with van der Waals surface area (Å²) >= 11 is 6.18. The molecule has 1 aromatic heterocycles. The number of halogens is 1. The summed E-state index contributed by atoms with van der Waals surface area (Å²) in [4.78, 5) is 10.6. The molecule has 3 rings (SSSR count). The van der Waals surface area contributed by atoms with Crippen LogP contribution in [0.1, 0.15) is 28.1 Å². The molecule has 0 aliphatic rings. The lowest BCUT2D eigenvalue weighted by Gasteiger charge is -2.13. The van der Waals surface area contributed by atoms with Crippen LogP contribution in [0.15, 0.2) is 48.5 Å². The smallest absolute Gasteiger partial charge is 0.270 e. The summed E-state index contributed by atoms with van der Waals surface area (Å²) in [6.45, 7) is 5.98. The highest BCUT2D eigenvalue weighted by molar-refractivity contribution is 6.30. The van der Waals surface area contributed by atoms with Gasteiger partial charge in [-0.25, -0.2) is 0 Å². The third-order valence-electron chi connectivity index (χ3n) is 4.67. The molecule has 0 amide bonds. The van der Waals surface area contributed by atoms with Crippen LogP contribution >= 0.6 is 11.6 Å². The molecule has 0 radical (unpaired) electrons. The first-order chi connectivity index (χ1) is 13.3. The van der Waals surface area contributed by atoms with Gasteiger partial charge in [-0.1, -0.05) is 29.8 Å². The topological polar surface area (TPSA) is 71.9 Å². The predicted octanol–water partition coefficient (Wildman–Crippen LogP) is 6.03. The molecular formula is C22H18ClN3O2. The molecule has 0 aliphatic carbocycles. The van der Waals surface area contributed by atoms with Gasteiger partial charge < -0.3 is 4.57 Å². The van der Waals surface area contributed by atoms with E-state index in [4.69, 9.17) is 11.6 Å². The van der Waals surface area contributed by atoms with E-state index < -0.39 is 4.92 Å². The van der Waals surface area contributed by atoms with Crippen LogP contribution in [-0.4, -0.2) is 9.49 Å². The summed E-state index contributed by atoms with van der Waals surface area (Å²) in [5.41, 5.74) is 5.74. The Hall–Kier alpha value is -3.36. The van der Waals surface area contributed by atoms with Crippen LogP contribution in [0, 0.1) is 42.2 Å². The van der Waals surface area contributed by atoms with Crippen LogP contribution in [-0.2, 0) is 0 Å². The van der Waals surface area contributed by atoms with Gasteiger partial charge in [0, 0.05) is 34.2 Å². The van der Waals surface area contributed by atoms with E-state index in [0.717, 1.165) is 28.2 Å². The minimum absolute atomic E-state index is 0.0429. The van der Waals surface area contributed by atoms with Gasteiger partial charge in [-0.3, -0.25) is 10.1 Å². The second-order valence-electron chi connectivity index (χ2n) is 6.57. The van der Waals surface area contributed by atoms with Crippen molar-refractivity contribution < 1.29 is 4.92 Å². The number of nitrogens with zero attached hydrogens (tertiary/aromatic N) is 3. The number of nitro groups is 1. The maximum absolute atomic E-state index is 11.0. The number of nitriles is 1. The van der Waals surface area contributed by atoms with Crippen molar-refractivity contribution in [2.45, 2.75) is 20.8 Å². The van der Waals surface area contributed by atoms with Crippen LogP contribution in [0.2, 0.25) is 5.02 Å². The molecular weight excluding hydrogens is 374 g/mol. The fourth-order valence-corrected chi connectivity index (χ4v) is 3.42.